The van der Waals surface area contributed by atoms with Crippen molar-refractivity contribution in [3.63, 3.8) is 0 Å². The zero-order chi connectivity index (χ0) is 12.8. The molecule has 0 amide bonds. The van der Waals surface area contributed by atoms with Gasteiger partial charge in [0.25, 0.3) is 5.69 Å². The fourth-order valence-corrected chi connectivity index (χ4v) is 1.33. The van der Waals surface area contributed by atoms with Crippen molar-refractivity contribution < 1.29 is 9.66 Å². The highest BCUT2D eigenvalue weighted by molar-refractivity contribution is 5.43. The van der Waals surface area contributed by atoms with Crippen LogP contribution < -0.4 is 10.5 Å². The molecule has 0 aliphatic heterocycles. The van der Waals surface area contributed by atoms with Crippen molar-refractivity contribution >= 4 is 5.69 Å². The van der Waals surface area contributed by atoms with Gasteiger partial charge >= 0.3 is 0 Å². The summed E-state index contributed by atoms with van der Waals surface area (Å²) in [5, 5.41) is 10.6. The molecule has 1 unspecified atom stereocenters. The van der Waals surface area contributed by atoms with Crippen molar-refractivity contribution in [2.45, 2.75) is 26.8 Å². The van der Waals surface area contributed by atoms with Gasteiger partial charge in [-0.1, -0.05) is 20.3 Å². The lowest BCUT2D eigenvalue weighted by Gasteiger charge is -2.13. The molecule has 0 bridgehead atoms. The lowest BCUT2D eigenvalue weighted by atomic mass is 10.1. The number of nitro benzene ring substituents is 1. The Balaban J connectivity index is 2.82. The summed E-state index contributed by atoms with van der Waals surface area (Å²) in [4.78, 5) is 10.2. The van der Waals surface area contributed by atoms with E-state index in [1.165, 1.54) is 12.1 Å². The first-order valence-corrected chi connectivity index (χ1v) is 5.68. The van der Waals surface area contributed by atoms with E-state index in [2.05, 4.69) is 13.8 Å². The lowest BCUT2D eigenvalue weighted by Crippen LogP contribution is -2.10. The molecule has 5 heteroatoms. The van der Waals surface area contributed by atoms with Crippen LogP contribution in [0.5, 0.6) is 5.75 Å². The molecule has 0 spiro atoms. The highest BCUT2D eigenvalue weighted by Gasteiger charge is 2.11. The summed E-state index contributed by atoms with van der Waals surface area (Å²) in [6, 6.07) is 4.51. The topological polar surface area (TPSA) is 78.4 Å². The summed E-state index contributed by atoms with van der Waals surface area (Å²) < 4.78 is 5.61. The molecule has 0 aromatic heterocycles. The molecule has 0 radical (unpaired) electrons. The molecule has 0 fully saturated rings. The minimum atomic E-state index is -0.433. The van der Waals surface area contributed by atoms with E-state index in [4.69, 9.17) is 10.5 Å². The van der Waals surface area contributed by atoms with E-state index in [9.17, 15) is 10.1 Å². The van der Waals surface area contributed by atoms with Crippen molar-refractivity contribution in [2.75, 3.05) is 6.61 Å². The van der Waals surface area contributed by atoms with Gasteiger partial charge in [-0.25, -0.2) is 0 Å². The average molecular weight is 238 g/mol. The Labute approximate surface area is 101 Å². The van der Waals surface area contributed by atoms with Gasteiger partial charge in [0.1, 0.15) is 5.75 Å². The van der Waals surface area contributed by atoms with E-state index in [-0.39, 0.29) is 12.2 Å². The van der Waals surface area contributed by atoms with Gasteiger partial charge in [0.15, 0.2) is 0 Å². The van der Waals surface area contributed by atoms with E-state index < -0.39 is 4.92 Å². The molecule has 0 aliphatic carbocycles. The van der Waals surface area contributed by atoms with Crippen molar-refractivity contribution in [3.05, 3.63) is 33.9 Å². The van der Waals surface area contributed by atoms with Crippen molar-refractivity contribution in [1.82, 2.24) is 0 Å². The van der Waals surface area contributed by atoms with Crippen LogP contribution in [-0.4, -0.2) is 11.5 Å². The second-order valence-corrected chi connectivity index (χ2v) is 4.08. The first-order valence-electron chi connectivity index (χ1n) is 5.68. The Morgan fingerprint density at radius 3 is 2.76 bits per heavy atom. The fourth-order valence-electron chi connectivity index (χ4n) is 1.33. The molecule has 0 saturated carbocycles. The van der Waals surface area contributed by atoms with E-state index in [0.717, 1.165) is 6.42 Å². The Kier molecular flexibility index (Phi) is 4.90. The van der Waals surface area contributed by atoms with E-state index in [1.807, 2.05) is 0 Å². The van der Waals surface area contributed by atoms with Crippen LogP contribution in [-0.2, 0) is 6.54 Å². The highest BCUT2D eigenvalue weighted by Crippen LogP contribution is 2.24. The van der Waals surface area contributed by atoms with Gasteiger partial charge in [-0.05, 0) is 12.0 Å². The monoisotopic (exact) mass is 238 g/mol. The molecular weight excluding hydrogens is 220 g/mol. The van der Waals surface area contributed by atoms with Crippen LogP contribution in [0.15, 0.2) is 18.2 Å². The van der Waals surface area contributed by atoms with E-state index in [0.29, 0.717) is 23.8 Å². The molecule has 94 valence electrons. The maximum absolute atomic E-state index is 10.6. The molecule has 1 atom stereocenters. The Hall–Kier alpha value is -1.62. The van der Waals surface area contributed by atoms with Crippen LogP contribution in [0.25, 0.3) is 0 Å². The molecular formula is C12H18N2O3. The summed E-state index contributed by atoms with van der Waals surface area (Å²) in [5.74, 6) is 1.09. The van der Waals surface area contributed by atoms with Gasteiger partial charge in [0.05, 0.1) is 11.5 Å². The van der Waals surface area contributed by atoms with E-state index in [1.54, 1.807) is 6.07 Å². The van der Waals surface area contributed by atoms with E-state index >= 15 is 0 Å². The number of benzene rings is 1. The highest BCUT2D eigenvalue weighted by atomic mass is 16.6. The van der Waals surface area contributed by atoms with Gasteiger partial charge in [-0.3, -0.25) is 10.1 Å². The van der Waals surface area contributed by atoms with Gasteiger partial charge in [-0.2, -0.15) is 0 Å². The van der Waals surface area contributed by atoms with Crippen molar-refractivity contribution in [1.29, 1.82) is 0 Å². The number of nitro groups is 1. The van der Waals surface area contributed by atoms with Crippen LogP contribution in [0.1, 0.15) is 25.8 Å². The van der Waals surface area contributed by atoms with Crippen LogP contribution in [0.3, 0.4) is 0 Å². The average Bonchev–Trinajstić information content (AvgIpc) is 2.35. The Bertz CT molecular complexity index is 393. The van der Waals surface area contributed by atoms with Crippen LogP contribution in [0.2, 0.25) is 0 Å². The smallest absolute Gasteiger partial charge is 0.270 e. The maximum atomic E-state index is 10.6. The summed E-state index contributed by atoms with van der Waals surface area (Å²) in [7, 11) is 0. The number of rotatable bonds is 6. The molecule has 1 aromatic carbocycles. The normalized spacial score (nSPS) is 12.2. The predicted octanol–water partition coefficient (Wildman–Crippen LogP) is 2.48. The van der Waals surface area contributed by atoms with Gasteiger partial charge in [0, 0.05) is 24.2 Å². The number of ether oxygens (including phenoxy) is 1. The maximum Gasteiger partial charge on any atom is 0.270 e. The molecule has 0 aliphatic rings. The Morgan fingerprint density at radius 2 is 2.24 bits per heavy atom. The largest absolute Gasteiger partial charge is 0.493 e. The second-order valence-electron chi connectivity index (χ2n) is 4.08. The number of non-ortho nitro benzene ring substituents is 1. The second kappa shape index (κ2) is 6.20. The molecule has 1 aromatic rings. The lowest BCUT2D eigenvalue weighted by molar-refractivity contribution is -0.384. The first-order chi connectivity index (χ1) is 8.08. The summed E-state index contributed by atoms with van der Waals surface area (Å²) in [6.07, 6.45) is 1.03. The molecule has 0 saturated heterocycles. The molecule has 17 heavy (non-hydrogen) atoms. The predicted molar refractivity (Wildman–Crippen MR) is 65.9 cm³/mol. The minimum Gasteiger partial charge on any atom is -0.493 e. The molecule has 5 nitrogen and oxygen atoms in total. The number of nitrogens with zero attached hydrogens (tertiary/aromatic N) is 1. The zero-order valence-corrected chi connectivity index (χ0v) is 10.2. The third-order valence-electron chi connectivity index (χ3n) is 2.70. The van der Waals surface area contributed by atoms with Gasteiger partial charge in [0.2, 0.25) is 0 Å². The SMILES string of the molecule is CCC(C)COc1ccc([N+](=O)[O-])cc1CN. The molecule has 0 heterocycles. The number of hydrogen-bond acceptors (Lipinski definition) is 4. The van der Waals surface area contributed by atoms with Crippen LogP contribution >= 0.6 is 0 Å². The summed E-state index contributed by atoms with van der Waals surface area (Å²) >= 11 is 0. The van der Waals surface area contributed by atoms with Crippen LogP contribution in [0, 0.1) is 16.0 Å². The quantitative estimate of drug-likeness (QED) is 0.610. The number of hydrogen-bond donors (Lipinski definition) is 1. The standard InChI is InChI=1S/C12H18N2O3/c1-3-9(2)8-17-12-5-4-11(14(15)16)6-10(12)7-13/h4-6,9H,3,7-8,13H2,1-2H3. The fraction of sp³-hybridized carbons (Fsp3) is 0.500. The van der Waals surface area contributed by atoms with Crippen LogP contribution in [0.4, 0.5) is 5.69 Å². The Morgan fingerprint density at radius 1 is 1.53 bits per heavy atom. The molecule has 1 rings (SSSR count). The third-order valence-corrected chi connectivity index (χ3v) is 2.70. The minimum absolute atomic E-state index is 0.0429. The third kappa shape index (κ3) is 3.71. The number of nitrogens with two attached hydrogens (primary N) is 1. The summed E-state index contributed by atoms with van der Waals surface area (Å²) in [5.41, 5.74) is 6.27. The van der Waals surface area contributed by atoms with Gasteiger partial charge in [-0.15, -0.1) is 0 Å². The van der Waals surface area contributed by atoms with Crippen molar-refractivity contribution in [2.24, 2.45) is 11.7 Å². The molecule has 2 N–H and O–H groups in total. The van der Waals surface area contributed by atoms with Gasteiger partial charge < -0.3 is 10.5 Å². The first kappa shape index (κ1) is 13.4. The zero-order valence-electron chi connectivity index (χ0n) is 10.2. The van der Waals surface area contributed by atoms with Crippen molar-refractivity contribution in [3.8, 4) is 5.75 Å². The summed E-state index contributed by atoms with van der Waals surface area (Å²) in [6.45, 7) is 5.01.